The quantitative estimate of drug-likeness (QED) is 0.117. The highest BCUT2D eigenvalue weighted by molar-refractivity contribution is 5.83. The van der Waals surface area contributed by atoms with Gasteiger partial charge in [0.15, 0.2) is 0 Å². The van der Waals surface area contributed by atoms with E-state index in [1.54, 1.807) is 6.20 Å². The molecule has 0 N–H and O–H groups in total. The van der Waals surface area contributed by atoms with Crippen molar-refractivity contribution in [2.45, 2.75) is 185 Å². The van der Waals surface area contributed by atoms with E-state index in [1.165, 1.54) is 37.7 Å². The molecule has 55 heavy (non-hydrogen) atoms. The molecule has 1 saturated heterocycles. The third kappa shape index (κ3) is 10.8. The fourth-order valence-electron chi connectivity index (χ4n) is 9.94. The molecule has 0 radical (unpaired) electrons. The zero-order chi connectivity index (χ0) is 35.5. The van der Waals surface area contributed by atoms with Crippen molar-refractivity contribution in [3.63, 3.8) is 0 Å². The van der Waals surface area contributed by atoms with Crippen LogP contribution in [-0.4, -0.2) is 45.8 Å². The summed E-state index contributed by atoms with van der Waals surface area (Å²) in [5.41, 5.74) is -0.520. The first kappa shape index (κ1) is 49.9. The maximum atomic E-state index is 14.2. The number of ether oxygens (including phenoxy) is 3. The Morgan fingerprint density at radius 3 is 1.96 bits per heavy atom. The van der Waals surface area contributed by atoms with E-state index in [9.17, 15) is 14.4 Å². The van der Waals surface area contributed by atoms with Crippen molar-refractivity contribution in [3.8, 4) is 0 Å². The molecular formula is C47H80N2O6. The molecular weight excluding hydrogens is 689 g/mol. The molecule has 5 aliphatic rings. The highest BCUT2D eigenvalue weighted by Gasteiger charge is 2.58. The van der Waals surface area contributed by atoms with Gasteiger partial charge in [0.05, 0.1) is 23.8 Å². The van der Waals surface area contributed by atoms with Gasteiger partial charge in [-0.3, -0.25) is 9.59 Å². The summed E-state index contributed by atoms with van der Waals surface area (Å²) < 4.78 is 19.8. The van der Waals surface area contributed by atoms with Crippen LogP contribution in [0.3, 0.4) is 0 Å². The summed E-state index contributed by atoms with van der Waals surface area (Å²) in [6, 6.07) is 10.7. The van der Waals surface area contributed by atoms with Crippen LogP contribution < -0.4 is 0 Å². The molecule has 8 heteroatoms. The minimum absolute atomic E-state index is 0. The van der Waals surface area contributed by atoms with Crippen LogP contribution in [-0.2, 0) is 28.6 Å². The number of benzene rings is 1. The molecule has 314 valence electrons. The van der Waals surface area contributed by atoms with Crippen molar-refractivity contribution in [2.24, 2.45) is 34.5 Å². The molecule has 1 aliphatic heterocycles. The van der Waals surface area contributed by atoms with Gasteiger partial charge in [-0.25, -0.2) is 9.78 Å². The molecule has 1 aromatic heterocycles. The number of hydrogen-bond donors (Lipinski definition) is 0. The van der Waals surface area contributed by atoms with Crippen molar-refractivity contribution in [1.82, 2.24) is 9.55 Å². The van der Waals surface area contributed by atoms with E-state index in [0.29, 0.717) is 37.5 Å². The van der Waals surface area contributed by atoms with Crippen molar-refractivity contribution in [2.75, 3.05) is 6.61 Å². The Morgan fingerprint density at radius 1 is 0.873 bits per heavy atom. The van der Waals surface area contributed by atoms with Gasteiger partial charge in [0.2, 0.25) is 6.10 Å². The highest BCUT2D eigenvalue weighted by Crippen LogP contribution is 2.60. The molecule has 7 rings (SSSR count). The number of carbonyl (C=O) groups excluding carboxylic acids is 3. The van der Waals surface area contributed by atoms with Crippen LogP contribution in [0.4, 0.5) is 0 Å². The number of nitrogens with zero attached hydrogens (tertiary/aromatic N) is 2. The first-order valence-corrected chi connectivity index (χ1v) is 19.6. The van der Waals surface area contributed by atoms with Crippen molar-refractivity contribution in [1.29, 1.82) is 0 Å². The van der Waals surface area contributed by atoms with E-state index in [2.05, 4.69) is 61.5 Å². The van der Waals surface area contributed by atoms with E-state index in [0.717, 1.165) is 43.9 Å². The summed E-state index contributed by atoms with van der Waals surface area (Å²) in [6.45, 7) is 10.9. The van der Waals surface area contributed by atoms with Gasteiger partial charge in [-0.15, -0.1) is 0 Å². The molecule has 4 aliphatic carbocycles. The Balaban J connectivity index is 0.00000302. The zero-order valence-electron chi connectivity index (χ0n) is 31.1. The summed E-state index contributed by atoms with van der Waals surface area (Å²) in [7, 11) is 0. The number of carbonyl (C=O) groups is 3. The van der Waals surface area contributed by atoms with Gasteiger partial charge >= 0.3 is 17.9 Å². The first-order chi connectivity index (χ1) is 24.0. The fourth-order valence-corrected chi connectivity index (χ4v) is 9.94. The van der Waals surface area contributed by atoms with Gasteiger partial charge in [0.1, 0.15) is 5.60 Å². The Kier molecular flexibility index (Phi) is 18.9. The predicted octanol–water partition coefficient (Wildman–Crippen LogP) is 12.2. The summed E-state index contributed by atoms with van der Waals surface area (Å²) in [5.74, 6) is 1.94. The molecule has 5 atom stereocenters. The second kappa shape index (κ2) is 20.8. The van der Waals surface area contributed by atoms with E-state index >= 15 is 0 Å². The van der Waals surface area contributed by atoms with Crippen LogP contribution in [0.15, 0.2) is 49.1 Å². The second-order valence-corrected chi connectivity index (χ2v) is 17.0. The lowest BCUT2D eigenvalue weighted by atomic mass is 9.50. The Bertz CT molecular complexity index is 1430. The second-order valence-electron chi connectivity index (χ2n) is 17.0. The molecule has 0 amide bonds. The number of esters is 3. The molecule has 5 fully saturated rings. The minimum Gasteiger partial charge on any atom is -0.463 e. The largest absolute Gasteiger partial charge is 0.463 e. The monoisotopic (exact) mass is 769 g/mol. The molecule has 1 aromatic carbocycles. The first-order valence-electron chi connectivity index (χ1n) is 19.6. The van der Waals surface area contributed by atoms with Crippen LogP contribution in [0.1, 0.15) is 179 Å². The SMILES string of the molecule is C.C.C.C.C.CCC(CCC(C)(CCC(CCC(C)(CC)C(=O)OC1(C)C2CC3CC(C2)CC1C3)c1ccccc1)C(=O)OC1CCOC1=O)n1ccnc1. The van der Waals surface area contributed by atoms with Gasteiger partial charge in [-0.1, -0.05) is 81.3 Å². The molecule has 5 unspecified atom stereocenters. The van der Waals surface area contributed by atoms with Gasteiger partial charge in [-0.05, 0) is 139 Å². The van der Waals surface area contributed by atoms with Crippen LogP contribution in [0.2, 0.25) is 0 Å². The van der Waals surface area contributed by atoms with Crippen molar-refractivity contribution < 1.29 is 28.6 Å². The van der Waals surface area contributed by atoms with E-state index < -0.39 is 22.9 Å². The zero-order valence-corrected chi connectivity index (χ0v) is 31.1. The normalized spacial score (nSPS) is 27.8. The third-order valence-corrected chi connectivity index (χ3v) is 13.8. The highest BCUT2D eigenvalue weighted by atomic mass is 16.6. The fraction of sp³-hybridized carbons (Fsp3) is 0.745. The van der Waals surface area contributed by atoms with Crippen molar-refractivity contribution >= 4 is 17.9 Å². The molecule has 4 saturated carbocycles. The van der Waals surface area contributed by atoms with E-state index in [-0.39, 0.29) is 73.2 Å². The van der Waals surface area contributed by atoms with Gasteiger partial charge in [0.25, 0.3) is 0 Å². The Hall–Kier alpha value is -3.16. The maximum Gasteiger partial charge on any atom is 0.347 e. The molecule has 8 nitrogen and oxygen atoms in total. The summed E-state index contributed by atoms with van der Waals surface area (Å²) in [4.78, 5) is 44.7. The van der Waals surface area contributed by atoms with E-state index in [4.69, 9.17) is 14.2 Å². The summed E-state index contributed by atoms with van der Waals surface area (Å²) >= 11 is 0. The van der Waals surface area contributed by atoms with Crippen LogP contribution >= 0.6 is 0 Å². The molecule has 0 spiro atoms. The van der Waals surface area contributed by atoms with Gasteiger partial charge in [0, 0.05) is 24.9 Å². The van der Waals surface area contributed by atoms with Gasteiger partial charge < -0.3 is 18.8 Å². The lowest BCUT2D eigenvalue weighted by Crippen LogP contribution is -2.58. The standard InChI is InChI=1S/C42H60N2O6.5CH4/c1-6-35(44-21-20-43-28-44)15-19-41(4,38(46)49-36-16-22-48-37(36)45)18-14-32(31-11-9-8-10-12-31)13-17-40(3,7-2)39(47)50-42(5)33-24-29-23-30(26-33)27-34(42)25-29;;;;;/h8-12,20-21,28-30,32-36H,6-7,13-19,22-27H2,1-5H3;5*1H4. The average molecular weight is 769 g/mol. The van der Waals surface area contributed by atoms with E-state index in [1.807, 2.05) is 25.5 Å². The van der Waals surface area contributed by atoms with Crippen LogP contribution in [0.5, 0.6) is 0 Å². The molecule has 2 heterocycles. The molecule has 4 bridgehead atoms. The van der Waals surface area contributed by atoms with Crippen LogP contribution in [0, 0.1) is 34.5 Å². The van der Waals surface area contributed by atoms with Crippen molar-refractivity contribution in [3.05, 3.63) is 54.6 Å². The predicted molar refractivity (Wildman–Crippen MR) is 226 cm³/mol. The number of hydrogen-bond acceptors (Lipinski definition) is 7. The topological polar surface area (TPSA) is 96.7 Å². The summed E-state index contributed by atoms with van der Waals surface area (Å²) in [6.07, 6.45) is 17.3. The smallest absolute Gasteiger partial charge is 0.347 e. The Morgan fingerprint density at radius 2 is 1.45 bits per heavy atom. The number of cyclic esters (lactones) is 1. The Labute approximate surface area is 336 Å². The average Bonchev–Trinajstić information content (AvgIpc) is 3.79. The third-order valence-electron chi connectivity index (χ3n) is 13.8. The molecule has 2 aromatic rings. The maximum absolute atomic E-state index is 14.2. The number of aromatic nitrogens is 2. The lowest BCUT2D eigenvalue weighted by molar-refractivity contribution is -0.212. The summed E-state index contributed by atoms with van der Waals surface area (Å²) in [5, 5.41) is 0. The van der Waals surface area contributed by atoms with Crippen LogP contribution in [0.25, 0.3) is 0 Å². The number of imidazole rings is 1. The van der Waals surface area contributed by atoms with Gasteiger partial charge in [-0.2, -0.15) is 0 Å². The minimum atomic E-state index is -0.838. The number of rotatable bonds is 17. The lowest BCUT2D eigenvalue weighted by Gasteiger charge is -2.59.